The second-order valence-electron chi connectivity index (χ2n) is 4.68. The summed E-state index contributed by atoms with van der Waals surface area (Å²) in [5, 5.41) is 23.6. The summed E-state index contributed by atoms with van der Waals surface area (Å²) in [6.45, 7) is 0.223. The van der Waals surface area contributed by atoms with E-state index < -0.39 is 17.3 Å². The number of halogens is 1. The van der Waals surface area contributed by atoms with Gasteiger partial charge in [-0.05, 0) is 17.7 Å². The van der Waals surface area contributed by atoms with Gasteiger partial charge in [-0.2, -0.15) is 5.10 Å². The van der Waals surface area contributed by atoms with Gasteiger partial charge in [0.15, 0.2) is 5.69 Å². The van der Waals surface area contributed by atoms with Crippen LogP contribution in [-0.4, -0.2) is 30.9 Å². The van der Waals surface area contributed by atoms with Crippen molar-refractivity contribution in [3.63, 3.8) is 0 Å². The molecule has 0 saturated heterocycles. The maximum atomic E-state index is 11.5. The molecular formula is C14H10ClN3O4. The number of pyridine rings is 1. The molecule has 22 heavy (non-hydrogen) atoms. The van der Waals surface area contributed by atoms with Crippen LogP contribution in [0.15, 0.2) is 35.1 Å². The van der Waals surface area contributed by atoms with Crippen LogP contribution in [0.25, 0.3) is 11.0 Å². The van der Waals surface area contributed by atoms with E-state index in [1.807, 2.05) is 0 Å². The topological polar surface area (TPSA) is 108 Å². The Kier molecular flexibility index (Phi) is 3.34. The molecule has 2 aromatic heterocycles. The highest BCUT2D eigenvalue weighted by molar-refractivity contribution is 6.30. The zero-order valence-corrected chi connectivity index (χ0v) is 11.8. The molecule has 0 fully saturated rings. The second-order valence-corrected chi connectivity index (χ2v) is 5.12. The Bertz CT molecular complexity index is 928. The quantitative estimate of drug-likeness (QED) is 0.682. The molecule has 7 nitrogen and oxygen atoms in total. The van der Waals surface area contributed by atoms with Gasteiger partial charge in [-0.25, -0.2) is 9.48 Å². The minimum absolute atomic E-state index is 0.000985. The number of carboxylic acids is 1. The number of aromatic amines is 1. The molecule has 112 valence electrons. The van der Waals surface area contributed by atoms with Crippen LogP contribution in [0.3, 0.4) is 0 Å². The number of aromatic carboxylic acids is 1. The van der Waals surface area contributed by atoms with Gasteiger partial charge in [0.25, 0.3) is 5.56 Å². The number of H-pyrrole nitrogens is 1. The predicted molar refractivity (Wildman–Crippen MR) is 79.5 cm³/mol. The fraction of sp³-hybridized carbons (Fsp3) is 0.0714. The molecule has 0 aliphatic heterocycles. The zero-order valence-electron chi connectivity index (χ0n) is 11.1. The third-order valence-electron chi connectivity index (χ3n) is 3.17. The van der Waals surface area contributed by atoms with E-state index in [0.29, 0.717) is 5.02 Å². The molecule has 0 unspecified atom stereocenters. The van der Waals surface area contributed by atoms with Crippen LogP contribution >= 0.6 is 11.6 Å². The van der Waals surface area contributed by atoms with Crippen molar-refractivity contribution in [2.75, 3.05) is 0 Å². The fourth-order valence-electron chi connectivity index (χ4n) is 2.21. The number of hydrogen-bond donors (Lipinski definition) is 3. The summed E-state index contributed by atoms with van der Waals surface area (Å²) >= 11 is 5.82. The lowest BCUT2D eigenvalue weighted by atomic mass is 10.2. The van der Waals surface area contributed by atoms with Crippen LogP contribution in [0.5, 0.6) is 5.75 Å². The number of carboxylic acid groups (broad SMARTS) is 1. The molecule has 0 aliphatic rings. The lowest BCUT2D eigenvalue weighted by molar-refractivity contribution is 0.0691. The minimum atomic E-state index is -1.29. The summed E-state index contributed by atoms with van der Waals surface area (Å²) in [6, 6.07) is 7.83. The summed E-state index contributed by atoms with van der Waals surface area (Å²) in [6.07, 6.45) is 0. The number of benzene rings is 1. The van der Waals surface area contributed by atoms with E-state index in [9.17, 15) is 19.8 Å². The van der Waals surface area contributed by atoms with E-state index in [0.717, 1.165) is 11.6 Å². The molecule has 0 bridgehead atoms. The fourth-order valence-corrected chi connectivity index (χ4v) is 2.33. The summed E-state index contributed by atoms with van der Waals surface area (Å²) < 4.78 is 1.32. The number of nitrogens with zero attached hydrogens (tertiary/aromatic N) is 2. The number of fused-ring (bicyclic) bond motifs is 1. The Labute approximate surface area is 128 Å². The Morgan fingerprint density at radius 3 is 2.64 bits per heavy atom. The van der Waals surface area contributed by atoms with Crippen molar-refractivity contribution >= 4 is 28.6 Å². The smallest absolute Gasteiger partial charge is 0.357 e. The van der Waals surface area contributed by atoms with Crippen molar-refractivity contribution in [2.45, 2.75) is 6.54 Å². The largest absolute Gasteiger partial charge is 0.507 e. The Balaban J connectivity index is 2.19. The Hall–Kier alpha value is -2.80. The highest BCUT2D eigenvalue weighted by atomic mass is 35.5. The average molecular weight is 320 g/mol. The van der Waals surface area contributed by atoms with Gasteiger partial charge in [0.05, 0.1) is 11.9 Å². The van der Waals surface area contributed by atoms with Crippen LogP contribution in [0.4, 0.5) is 0 Å². The SMILES string of the molecule is O=C(O)c1nn(Cc2ccc(Cl)cc2)c2[nH]c(=O)cc(O)c12. The first-order chi connectivity index (χ1) is 10.5. The Morgan fingerprint density at radius 1 is 1.32 bits per heavy atom. The number of hydrogen-bond acceptors (Lipinski definition) is 4. The average Bonchev–Trinajstić information content (AvgIpc) is 2.80. The molecule has 0 aliphatic carbocycles. The van der Waals surface area contributed by atoms with E-state index in [1.54, 1.807) is 24.3 Å². The van der Waals surface area contributed by atoms with E-state index in [1.165, 1.54) is 4.68 Å². The summed E-state index contributed by atoms with van der Waals surface area (Å²) in [7, 11) is 0. The van der Waals surface area contributed by atoms with Crippen LogP contribution in [0.1, 0.15) is 16.1 Å². The molecule has 2 heterocycles. The van der Waals surface area contributed by atoms with E-state index >= 15 is 0 Å². The number of carbonyl (C=O) groups is 1. The van der Waals surface area contributed by atoms with Gasteiger partial charge in [-0.3, -0.25) is 4.79 Å². The number of rotatable bonds is 3. The first kappa shape index (κ1) is 14.2. The van der Waals surface area contributed by atoms with Gasteiger partial charge in [0.1, 0.15) is 11.4 Å². The predicted octanol–water partition coefficient (Wildman–Crippen LogP) is 1.83. The summed E-state index contributed by atoms with van der Waals surface area (Å²) in [5.74, 6) is -1.71. The van der Waals surface area contributed by atoms with Crippen LogP contribution in [0, 0.1) is 0 Å². The van der Waals surface area contributed by atoms with Crippen molar-refractivity contribution in [3.05, 3.63) is 57.0 Å². The van der Waals surface area contributed by atoms with Gasteiger partial charge in [0.2, 0.25) is 0 Å². The zero-order chi connectivity index (χ0) is 15.9. The van der Waals surface area contributed by atoms with Crippen LogP contribution in [-0.2, 0) is 6.54 Å². The van der Waals surface area contributed by atoms with Crippen molar-refractivity contribution in [1.82, 2.24) is 14.8 Å². The molecule has 1 aromatic carbocycles. The van der Waals surface area contributed by atoms with E-state index in [4.69, 9.17) is 11.6 Å². The standard InChI is InChI=1S/C14H10ClN3O4/c15-8-3-1-7(2-4-8)6-18-13-11(12(17-18)14(21)22)9(19)5-10(20)16-13/h1-5H,6H2,(H,21,22)(H2,16,19,20). The van der Waals surface area contributed by atoms with E-state index in [2.05, 4.69) is 10.1 Å². The monoisotopic (exact) mass is 319 g/mol. The van der Waals surface area contributed by atoms with Crippen molar-refractivity contribution < 1.29 is 15.0 Å². The minimum Gasteiger partial charge on any atom is -0.507 e. The van der Waals surface area contributed by atoms with E-state index in [-0.39, 0.29) is 23.3 Å². The van der Waals surface area contributed by atoms with Gasteiger partial charge in [-0.15, -0.1) is 0 Å². The van der Waals surface area contributed by atoms with Gasteiger partial charge in [0, 0.05) is 11.1 Å². The van der Waals surface area contributed by atoms with Crippen LogP contribution in [0.2, 0.25) is 5.02 Å². The number of aromatic hydroxyl groups is 1. The lowest BCUT2D eigenvalue weighted by Gasteiger charge is -2.04. The maximum absolute atomic E-state index is 11.5. The molecule has 0 saturated carbocycles. The van der Waals surface area contributed by atoms with Crippen molar-refractivity contribution in [1.29, 1.82) is 0 Å². The number of nitrogens with one attached hydrogen (secondary N) is 1. The highest BCUT2D eigenvalue weighted by Crippen LogP contribution is 2.25. The lowest BCUT2D eigenvalue weighted by Crippen LogP contribution is -2.08. The molecular weight excluding hydrogens is 310 g/mol. The first-order valence-corrected chi connectivity index (χ1v) is 6.64. The highest BCUT2D eigenvalue weighted by Gasteiger charge is 2.20. The molecule has 8 heteroatoms. The molecule has 0 atom stereocenters. The third-order valence-corrected chi connectivity index (χ3v) is 3.42. The molecule has 3 rings (SSSR count). The normalized spacial score (nSPS) is 11.0. The Morgan fingerprint density at radius 2 is 2.00 bits per heavy atom. The van der Waals surface area contributed by atoms with Crippen molar-refractivity contribution in [2.24, 2.45) is 0 Å². The third kappa shape index (κ3) is 2.42. The molecule has 3 N–H and O–H groups in total. The molecule has 0 amide bonds. The van der Waals surface area contributed by atoms with Gasteiger partial charge in [-0.1, -0.05) is 23.7 Å². The maximum Gasteiger partial charge on any atom is 0.357 e. The second kappa shape index (κ2) is 5.19. The first-order valence-electron chi connectivity index (χ1n) is 6.26. The molecule has 0 spiro atoms. The van der Waals surface area contributed by atoms with Gasteiger partial charge < -0.3 is 15.2 Å². The van der Waals surface area contributed by atoms with Gasteiger partial charge >= 0.3 is 5.97 Å². The molecule has 3 aromatic rings. The molecule has 0 radical (unpaired) electrons. The summed E-state index contributed by atoms with van der Waals surface area (Å²) in [4.78, 5) is 25.3. The summed E-state index contributed by atoms with van der Waals surface area (Å²) in [5.41, 5.74) is 0.101. The number of aromatic nitrogens is 3. The van der Waals surface area contributed by atoms with Crippen LogP contribution < -0.4 is 5.56 Å². The van der Waals surface area contributed by atoms with Crippen molar-refractivity contribution in [3.8, 4) is 5.75 Å².